The van der Waals surface area contributed by atoms with Gasteiger partial charge in [0.25, 0.3) is 0 Å². The van der Waals surface area contributed by atoms with Crippen molar-refractivity contribution >= 4 is 40.7 Å². The molecule has 0 bridgehead atoms. The van der Waals surface area contributed by atoms with Crippen molar-refractivity contribution < 1.29 is 29.3 Å². The molecule has 0 aliphatic carbocycles. The SMILES string of the molecule is CCCc1c(SC(/C=C/c2ccccc2)C(O)CCCC(=O)O)ccc2c(=O)cc(C(=O)O)oc12. The molecule has 1 heterocycles. The van der Waals surface area contributed by atoms with Crippen LogP contribution in [0.1, 0.15) is 54.3 Å². The summed E-state index contributed by atoms with van der Waals surface area (Å²) in [5, 5.41) is 29.1. The highest BCUT2D eigenvalue weighted by molar-refractivity contribution is 8.00. The minimum atomic E-state index is -1.32. The quantitative estimate of drug-likeness (QED) is 0.291. The van der Waals surface area contributed by atoms with E-state index in [4.69, 9.17) is 9.52 Å². The Bertz CT molecular complexity index is 1260. The Morgan fingerprint density at radius 1 is 1.11 bits per heavy atom. The highest BCUT2D eigenvalue weighted by Crippen LogP contribution is 2.35. The molecule has 0 amide bonds. The van der Waals surface area contributed by atoms with E-state index in [1.54, 1.807) is 12.1 Å². The van der Waals surface area contributed by atoms with Crippen LogP contribution < -0.4 is 5.43 Å². The summed E-state index contributed by atoms with van der Waals surface area (Å²) < 4.78 is 5.63. The van der Waals surface area contributed by atoms with Crippen molar-refractivity contribution in [1.82, 2.24) is 0 Å². The first-order valence-corrected chi connectivity index (χ1v) is 12.3. The van der Waals surface area contributed by atoms with Gasteiger partial charge in [0.15, 0.2) is 5.43 Å². The Kier molecular flexibility index (Phi) is 9.28. The summed E-state index contributed by atoms with van der Waals surface area (Å²) >= 11 is 1.38. The van der Waals surface area contributed by atoms with Crippen molar-refractivity contribution in [1.29, 1.82) is 0 Å². The number of carbonyl (C=O) groups is 2. The van der Waals surface area contributed by atoms with Gasteiger partial charge in [-0.15, -0.1) is 11.8 Å². The Morgan fingerprint density at radius 3 is 2.51 bits per heavy atom. The predicted molar refractivity (Wildman–Crippen MR) is 136 cm³/mol. The molecule has 3 rings (SSSR count). The minimum absolute atomic E-state index is 0.0307. The van der Waals surface area contributed by atoms with Gasteiger partial charge in [-0.25, -0.2) is 4.79 Å². The fraction of sp³-hybridized carbons (Fsp3) is 0.296. The normalized spacial score (nSPS) is 13.2. The first-order chi connectivity index (χ1) is 16.8. The number of benzene rings is 2. The fourth-order valence-electron chi connectivity index (χ4n) is 3.75. The van der Waals surface area contributed by atoms with Crippen molar-refractivity contribution in [2.45, 2.75) is 55.3 Å². The molecule has 0 saturated carbocycles. The second-order valence-corrected chi connectivity index (χ2v) is 9.37. The van der Waals surface area contributed by atoms with Gasteiger partial charge in [0.2, 0.25) is 5.76 Å². The van der Waals surface area contributed by atoms with Crippen molar-refractivity contribution in [2.24, 2.45) is 0 Å². The summed E-state index contributed by atoms with van der Waals surface area (Å²) in [6.07, 6.45) is 4.87. The largest absolute Gasteiger partial charge is 0.481 e. The average molecular weight is 497 g/mol. The molecule has 7 nitrogen and oxygen atoms in total. The summed E-state index contributed by atoms with van der Waals surface area (Å²) in [5.74, 6) is -2.65. The van der Waals surface area contributed by atoms with Gasteiger partial charge in [-0.1, -0.05) is 55.8 Å². The Hall–Kier alpha value is -3.36. The van der Waals surface area contributed by atoms with Crippen molar-refractivity contribution in [2.75, 3.05) is 0 Å². The maximum absolute atomic E-state index is 12.5. The number of aliphatic hydroxyl groups is 1. The number of carboxylic acids is 2. The standard InChI is InChI=1S/C27H28O7S/c1-2-7-19-23(15-13-18-21(29)16-22(27(32)33)34-26(18)19)35-24(20(28)10-6-11-25(30)31)14-12-17-8-4-3-5-9-17/h3-5,8-9,12-16,20,24,28H,2,6-7,10-11H2,1H3,(H,30,31)(H,32,33)/b14-12+. The molecular formula is C27H28O7S. The monoisotopic (exact) mass is 496 g/mol. The second kappa shape index (κ2) is 12.4. The third-order valence-electron chi connectivity index (χ3n) is 5.48. The van der Waals surface area contributed by atoms with Crippen LogP contribution in [0.3, 0.4) is 0 Å². The number of aryl methyl sites for hydroxylation is 1. The van der Waals surface area contributed by atoms with Gasteiger partial charge >= 0.3 is 11.9 Å². The molecule has 2 unspecified atom stereocenters. The van der Waals surface area contributed by atoms with E-state index in [1.165, 1.54) is 11.8 Å². The van der Waals surface area contributed by atoms with Crippen LogP contribution in [0.2, 0.25) is 0 Å². The van der Waals surface area contributed by atoms with E-state index in [-0.39, 0.29) is 12.0 Å². The number of hydrogen-bond acceptors (Lipinski definition) is 6. The average Bonchev–Trinajstić information content (AvgIpc) is 2.83. The maximum atomic E-state index is 12.5. The molecule has 2 aromatic carbocycles. The topological polar surface area (TPSA) is 125 Å². The molecule has 0 aliphatic heterocycles. The van der Waals surface area contributed by atoms with E-state index < -0.39 is 34.5 Å². The van der Waals surface area contributed by atoms with Gasteiger partial charge in [0.05, 0.1) is 16.7 Å². The maximum Gasteiger partial charge on any atom is 0.371 e. The molecule has 8 heteroatoms. The van der Waals surface area contributed by atoms with Crippen LogP contribution in [0.15, 0.2) is 68.7 Å². The van der Waals surface area contributed by atoms with Gasteiger partial charge < -0.3 is 19.7 Å². The molecule has 0 spiro atoms. The van der Waals surface area contributed by atoms with Crippen LogP contribution in [0.4, 0.5) is 0 Å². The molecule has 3 N–H and O–H groups in total. The predicted octanol–water partition coefficient (Wildman–Crippen LogP) is 5.23. The lowest BCUT2D eigenvalue weighted by Crippen LogP contribution is -2.21. The molecule has 2 atom stereocenters. The highest BCUT2D eigenvalue weighted by atomic mass is 32.2. The molecule has 0 saturated heterocycles. The van der Waals surface area contributed by atoms with Crippen LogP contribution in [0.25, 0.3) is 17.0 Å². The van der Waals surface area contributed by atoms with Gasteiger partial charge in [-0.2, -0.15) is 0 Å². The van der Waals surface area contributed by atoms with Crippen molar-refractivity contribution in [3.8, 4) is 0 Å². The first kappa shape index (κ1) is 26.2. The number of carboxylic acid groups (broad SMARTS) is 2. The van der Waals surface area contributed by atoms with Gasteiger partial charge in [-0.05, 0) is 37.0 Å². The number of fused-ring (bicyclic) bond motifs is 1. The lowest BCUT2D eigenvalue weighted by Gasteiger charge is -2.21. The minimum Gasteiger partial charge on any atom is -0.481 e. The second-order valence-electron chi connectivity index (χ2n) is 8.15. The van der Waals surface area contributed by atoms with E-state index in [9.17, 15) is 24.6 Å². The zero-order chi connectivity index (χ0) is 25.4. The highest BCUT2D eigenvalue weighted by Gasteiger charge is 2.22. The smallest absolute Gasteiger partial charge is 0.371 e. The van der Waals surface area contributed by atoms with Gasteiger partial charge in [-0.3, -0.25) is 9.59 Å². The number of aliphatic carboxylic acids is 1. The number of rotatable bonds is 12. The number of hydrogen-bond donors (Lipinski definition) is 3. The Morgan fingerprint density at radius 2 is 1.86 bits per heavy atom. The summed E-state index contributed by atoms with van der Waals surface area (Å²) in [4.78, 5) is 35.7. The van der Waals surface area contributed by atoms with E-state index in [1.807, 2.05) is 49.4 Å². The number of thioether (sulfide) groups is 1. The molecule has 35 heavy (non-hydrogen) atoms. The molecule has 3 aromatic rings. The summed E-state index contributed by atoms with van der Waals surface area (Å²) in [7, 11) is 0. The number of aliphatic hydroxyl groups excluding tert-OH is 1. The zero-order valence-corrected chi connectivity index (χ0v) is 20.2. The van der Waals surface area contributed by atoms with Crippen molar-refractivity contribution in [3.63, 3.8) is 0 Å². The molecule has 1 aromatic heterocycles. The molecule has 184 valence electrons. The van der Waals surface area contributed by atoms with E-state index in [2.05, 4.69) is 0 Å². The van der Waals surface area contributed by atoms with E-state index in [0.717, 1.165) is 22.9 Å². The third kappa shape index (κ3) is 7.07. The Balaban J connectivity index is 2.01. The summed E-state index contributed by atoms with van der Waals surface area (Å²) in [6.45, 7) is 1.97. The van der Waals surface area contributed by atoms with E-state index in [0.29, 0.717) is 30.2 Å². The van der Waals surface area contributed by atoms with Crippen molar-refractivity contribution in [3.05, 3.63) is 81.7 Å². The Labute approximate surface area is 207 Å². The molecular weight excluding hydrogens is 468 g/mol. The zero-order valence-electron chi connectivity index (χ0n) is 19.3. The molecule has 0 fully saturated rings. The van der Waals surface area contributed by atoms with Crippen LogP contribution in [0.5, 0.6) is 0 Å². The lowest BCUT2D eigenvalue weighted by atomic mass is 10.1. The fourth-order valence-corrected chi connectivity index (χ4v) is 4.98. The summed E-state index contributed by atoms with van der Waals surface area (Å²) in [6, 6.07) is 14.0. The van der Waals surface area contributed by atoms with Gasteiger partial charge in [0, 0.05) is 22.9 Å². The van der Waals surface area contributed by atoms with Gasteiger partial charge in [0.1, 0.15) is 5.58 Å². The molecule has 0 aliphatic rings. The first-order valence-electron chi connectivity index (χ1n) is 11.4. The summed E-state index contributed by atoms with van der Waals surface area (Å²) in [5.41, 5.74) is 1.49. The molecule has 0 radical (unpaired) electrons. The van der Waals surface area contributed by atoms with Crippen LogP contribution in [-0.4, -0.2) is 38.6 Å². The number of aromatic carboxylic acids is 1. The van der Waals surface area contributed by atoms with Crippen LogP contribution in [0, 0.1) is 0 Å². The van der Waals surface area contributed by atoms with Crippen LogP contribution in [-0.2, 0) is 11.2 Å². The lowest BCUT2D eigenvalue weighted by molar-refractivity contribution is -0.137. The van der Waals surface area contributed by atoms with E-state index >= 15 is 0 Å². The third-order valence-corrected chi connectivity index (χ3v) is 6.86. The van der Waals surface area contributed by atoms with Crippen LogP contribution >= 0.6 is 11.8 Å².